The molecule has 2 heterocycles. The SMILES string of the molecule is Cc1cc2n(n1)CCCN2C(=O)Nc1cccc(Cl)c1C. The summed E-state index contributed by atoms with van der Waals surface area (Å²) in [7, 11) is 0. The van der Waals surface area contributed by atoms with Crippen molar-refractivity contribution < 1.29 is 4.79 Å². The summed E-state index contributed by atoms with van der Waals surface area (Å²) in [4.78, 5) is 14.3. The van der Waals surface area contributed by atoms with Gasteiger partial charge in [-0.05, 0) is 38.0 Å². The summed E-state index contributed by atoms with van der Waals surface area (Å²) in [5.41, 5.74) is 2.53. The van der Waals surface area contributed by atoms with Crippen molar-refractivity contribution in [1.29, 1.82) is 0 Å². The zero-order valence-electron chi connectivity index (χ0n) is 12.1. The lowest BCUT2D eigenvalue weighted by atomic mass is 10.2. The summed E-state index contributed by atoms with van der Waals surface area (Å²) in [6.45, 7) is 5.37. The first-order valence-corrected chi connectivity index (χ1v) is 7.32. The van der Waals surface area contributed by atoms with Crippen LogP contribution in [0, 0.1) is 13.8 Å². The van der Waals surface area contributed by atoms with Crippen LogP contribution in [-0.2, 0) is 6.54 Å². The molecule has 0 atom stereocenters. The molecule has 1 N–H and O–H groups in total. The lowest BCUT2D eigenvalue weighted by Gasteiger charge is -2.28. The van der Waals surface area contributed by atoms with E-state index in [2.05, 4.69) is 10.4 Å². The number of nitrogens with one attached hydrogen (secondary N) is 1. The third kappa shape index (κ3) is 2.61. The molecule has 2 amide bonds. The minimum absolute atomic E-state index is 0.152. The first-order valence-electron chi connectivity index (χ1n) is 6.94. The van der Waals surface area contributed by atoms with E-state index in [4.69, 9.17) is 11.6 Å². The number of hydrogen-bond donors (Lipinski definition) is 1. The van der Waals surface area contributed by atoms with E-state index in [9.17, 15) is 4.79 Å². The molecule has 3 rings (SSSR count). The van der Waals surface area contributed by atoms with Crippen LogP contribution in [0.25, 0.3) is 0 Å². The number of aromatic nitrogens is 2. The third-order valence-electron chi connectivity index (χ3n) is 3.66. The standard InChI is InChI=1S/C15H17ClN4O/c1-10-9-14-19(7-4-8-20(14)18-10)15(21)17-13-6-3-5-12(16)11(13)2/h3,5-6,9H,4,7-8H2,1-2H3,(H,17,21). The van der Waals surface area contributed by atoms with Crippen molar-refractivity contribution in [3.05, 3.63) is 40.5 Å². The third-order valence-corrected chi connectivity index (χ3v) is 4.07. The smallest absolute Gasteiger partial charge is 0.307 e. The molecule has 2 aromatic rings. The minimum Gasteiger partial charge on any atom is -0.307 e. The van der Waals surface area contributed by atoms with Crippen molar-refractivity contribution >= 4 is 29.1 Å². The molecule has 1 aromatic carbocycles. The second-order valence-corrected chi connectivity index (χ2v) is 5.62. The van der Waals surface area contributed by atoms with Crippen molar-refractivity contribution in [2.45, 2.75) is 26.8 Å². The summed E-state index contributed by atoms with van der Waals surface area (Å²) >= 11 is 6.09. The van der Waals surface area contributed by atoms with Crippen molar-refractivity contribution in [2.75, 3.05) is 16.8 Å². The van der Waals surface area contributed by atoms with Crippen molar-refractivity contribution in [2.24, 2.45) is 0 Å². The molecular weight excluding hydrogens is 288 g/mol. The molecule has 0 saturated carbocycles. The Morgan fingerprint density at radius 1 is 1.33 bits per heavy atom. The van der Waals surface area contributed by atoms with Crippen LogP contribution in [0.2, 0.25) is 5.02 Å². The molecule has 0 fully saturated rings. The summed E-state index contributed by atoms with van der Waals surface area (Å²) in [6, 6.07) is 7.28. The number of carbonyl (C=O) groups is 1. The van der Waals surface area contributed by atoms with Crippen LogP contribution in [0.15, 0.2) is 24.3 Å². The first kappa shape index (κ1) is 13.9. The number of hydrogen-bond acceptors (Lipinski definition) is 2. The van der Waals surface area contributed by atoms with Gasteiger partial charge in [-0.1, -0.05) is 17.7 Å². The maximum Gasteiger partial charge on any atom is 0.327 e. The second-order valence-electron chi connectivity index (χ2n) is 5.21. The first-order chi connectivity index (χ1) is 10.1. The summed E-state index contributed by atoms with van der Waals surface area (Å²) < 4.78 is 1.88. The highest BCUT2D eigenvalue weighted by atomic mass is 35.5. The number of aryl methyl sites for hydroxylation is 2. The zero-order chi connectivity index (χ0) is 15.0. The number of amides is 2. The van der Waals surface area contributed by atoms with Gasteiger partial charge in [-0.3, -0.25) is 4.90 Å². The number of anilines is 2. The highest BCUT2D eigenvalue weighted by Gasteiger charge is 2.24. The Balaban J connectivity index is 1.85. The van der Waals surface area contributed by atoms with E-state index in [1.165, 1.54) is 0 Å². The quantitative estimate of drug-likeness (QED) is 0.875. The maximum absolute atomic E-state index is 12.5. The number of fused-ring (bicyclic) bond motifs is 1. The van der Waals surface area contributed by atoms with Gasteiger partial charge < -0.3 is 5.32 Å². The Morgan fingerprint density at radius 2 is 2.14 bits per heavy atom. The minimum atomic E-state index is -0.152. The molecule has 1 aliphatic rings. The number of benzene rings is 1. The van der Waals surface area contributed by atoms with Crippen LogP contribution in [0.3, 0.4) is 0 Å². The molecule has 0 unspecified atom stereocenters. The number of halogens is 1. The molecule has 0 radical (unpaired) electrons. The van der Waals surface area contributed by atoms with Crippen LogP contribution in [-0.4, -0.2) is 22.4 Å². The molecule has 0 aliphatic carbocycles. The monoisotopic (exact) mass is 304 g/mol. The molecule has 0 bridgehead atoms. The fourth-order valence-corrected chi connectivity index (χ4v) is 2.71. The van der Waals surface area contributed by atoms with Crippen LogP contribution in [0.5, 0.6) is 0 Å². The largest absolute Gasteiger partial charge is 0.327 e. The van der Waals surface area contributed by atoms with Gasteiger partial charge in [-0.15, -0.1) is 0 Å². The van der Waals surface area contributed by atoms with Crippen LogP contribution < -0.4 is 10.2 Å². The average Bonchev–Trinajstić information content (AvgIpc) is 2.83. The van der Waals surface area contributed by atoms with Gasteiger partial charge in [-0.25, -0.2) is 9.48 Å². The van der Waals surface area contributed by atoms with E-state index < -0.39 is 0 Å². The number of carbonyl (C=O) groups excluding carboxylic acids is 1. The van der Waals surface area contributed by atoms with Gasteiger partial charge in [0.05, 0.1) is 5.69 Å². The van der Waals surface area contributed by atoms with E-state index in [0.29, 0.717) is 11.6 Å². The van der Waals surface area contributed by atoms with Crippen molar-refractivity contribution in [3.63, 3.8) is 0 Å². The number of rotatable bonds is 1. The van der Waals surface area contributed by atoms with Gasteiger partial charge in [0.15, 0.2) is 0 Å². The van der Waals surface area contributed by atoms with Crippen LogP contribution >= 0.6 is 11.6 Å². The molecule has 5 nitrogen and oxygen atoms in total. The van der Waals surface area contributed by atoms with Crippen LogP contribution in [0.1, 0.15) is 17.7 Å². The normalized spacial score (nSPS) is 14.0. The summed E-state index contributed by atoms with van der Waals surface area (Å²) in [6.07, 6.45) is 0.899. The molecule has 0 spiro atoms. The average molecular weight is 305 g/mol. The topological polar surface area (TPSA) is 50.2 Å². The predicted molar refractivity (Wildman–Crippen MR) is 84.1 cm³/mol. The Morgan fingerprint density at radius 3 is 2.95 bits per heavy atom. The van der Waals surface area contributed by atoms with Gasteiger partial charge in [0.1, 0.15) is 5.82 Å². The van der Waals surface area contributed by atoms with Crippen LogP contribution in [0.4, 0.5) is 16.3 Å². The Hall–Kier alpha value is -2.01. The van der Waals surface area contributed by atoms with E-state index in [1.807, 2.05) is 42.8 Å². The zero-order valence-corrected chi connectivity index (χ0v) is 12.8. The van der Waals surface area contributed by atoms with E-state index in [0.717, 1.165) is 35.7 Å². The summed E-state index contributed by atoms with van der Waals surface area (Å²) in [5, 5.41) is 7.97. The molecule has 1 aromatic heterocycles. The van der Waals surface area contributed by atoms with Gasteiger partial charge in [-0.2, -0.15) is 5.10 Å². The fourth-order valence-electron chi connectivity index (χ4n) is 2.54. The molecule has 1 aliphatic heterocycles. The maximum atomic E-state index is 12.5. The second kappa shape index (κ2) is 5.41. The lowest BCUT2D eigenvalue weighted by molar-refractivity contribution is 0.255. The van der Waals surface area contributed by atoms with Crippen molar-refractivity contribution in [3.8, 4) is 0 Å². The number of nitrogens with zero attached hydrogens (tertiary/aromatic N) is 3. The molecule has 21 heavy (non-hydrogen) atoms. The molecule has 110 valence electrons. The van der Waals surface area contributed by atoms with Gasteiger partial charge >= 0.3 is 6.03 Å². The Labute approximate surface area is 128 Å². The van der Waals surface area contributed by atoms with E-state index >= 15 is 0 Å². The summed E-state index contributed by atoms with van der Waals surface area (Å²) in [5.74, 6) is 0.843. The van der Waals surface area contributed by atoms with E-state index in [1.54, 1.807) is 4.90 Å². The molecule has 0 saturated heterocycles. The fraction of sp³-hybridized carbons (Fsp3) is 0.333. The van der Waals surface area contributed by atoms with Gasteiger partial charge in [0.25, 0.3) is 0 Å². The Bertz CT molecular complexity index is 695. The lowest BCUT2D eigenvalue weighted by Crippen LogP contribution is -2.40. The highest BCUT2D eigenvalue weighted by Crippen LogP contribution is 2.26. The van der Waals surface area contributed by atoms with E-state index in [-0.39, 0.29) is 6.03 Å². The van der Waals surface area contributed by atoms with Gasteiger partial charge in [0.2, 0.25) is 0 Å². The Kier molecular flexibility index (Phi) is 3.59. The molecular formula is C15H17ClN4O. The predicted octanol–water partition coefficient (Wildman–Crippen LogP) is 3.60. The number of urea groups is 1. The molecule has 6 heteroatoms. The van der Waals surface area contributed by atoms with Gasteiger partial charge in [0, 0.05) is 29.9 Å². The highest BCUT2D eigenvalue weighted by molar-refractivity contribution is 6.31. The van der Waals surface area contributed by atoms with Crippen molar-refractivity contribution in [1.82, 2.24) is 9.78 Å².